The van der Waals surface area contributed by atoms with Crippen molar-refractivity contribution in [1.82, 2.24) is 4.98 Å². The van der Waals surface area contributed by atoms with Gasteiger partial charge < -0.3 is 14.9 Å². The Hall–Kier alpha value is -1.49. The second-order valence-corrected chi connectivity index (χ2v) is 3.69. The lowest BCUT2D eigenvalue weighted by molar-refractivity contribution is 0.0456. The molecule has 16 heavy (non-hydrogen) atoms. The van der Waals surface area contributed by atoms with Crippen molar-refractivity contribution in [3.8, 4) is 6.07 Å². The Bertz CT molecular complexity index is 412. The molecular weight excluding hydrogens is 232 g/mol. The zero-order valence-electron chi connectivity index (χ0n) is 8.45. The van der Waals surface area contributed by atoms with Gasteiger partial charge in [0.15, 0.2) is 11.8 Å². The molecule has 0 aromatic carbocycles. The van der Waals surface area contributed by atoms with Gasteiger partial charge in [0.1, 0.15) is 6.10 Å². The first-order valence-corrected chi connectivity index (χ1v) is 5.36. The summed E-state index contributed by atoms with van der Waals surface area (Å²) in [4.78, 5) is 15.3. The Kier molecular flexibility index (Phi) is 4.37. The van der Waals surface area contributed by atoms with Crippen LogP contribution in [0.5, 0.6) is 0 Å². The van der Waals surface area contributed by atoms with Crippen LogP contribution >= 0.6 is 11.3 Å². The summed E-state index contributed by atoms with van der Waals surface area (Å²) in [7, 11) is 0. The molecule has 1 aromatic heterocycles. The highest BCUT2D eigenvalue weighted by Gasteiger charge is 2.26. The topological polar surface area (TPSA) is 103 Å². The fraction of sp³-hybridized carbons (Fsp3) is 0.444. The second-order valence-electron chi connectivity index (χ2n) is 2.80. The highest BCUT2D eigenvalue weighted by atomic mass is 32.1. The fourth-order valence-corrected chi connectivity index (χ4v) is 1.82. The molecular formula is C9H10N2O4S. The molecule has 0 spiro atoms. The lowest BCUT2D eigenvalue weighted by Crippen LogP contribution is -2.18. The number of carbonyl (C=O) groups excluding carboxylic acids is 1. The van der Waals surface area contributed by atoms with E-state index in [0.717, 1.165) is 11.3 Å². The number of aromatic nitrogens is 1. The van der Waals surface area contributed by atoms with E-state index < -0.39 is 18.2 Å². The summed E-state index contributed by atoms with van der Waals surface area (Å²) in [5.41, 5.74) is 1.28. The van der Waals surface area contributed by atoms with Gasteiger partial charge in [0.25, 0.3) is 0 Å². The van der Waals surface area contributed by atoms with Gasteiger partial charge in [-0.25, -0.2) is 9.78 Å². The Morgan fingerprint density at radius 1 is 1.75 bits per heavy atom. The smallest absolute Gasteiger partial charge is 0.358 e. The maximum absolute atomic E-state index is 11.4. The summed E-state index contributed by atoms with van der Waals surface area (Å²) in [6, 6.07) is 1.48. The lowest BCUT2D eigenvalue weighted by Gasteiger charge is -2.10. The minimum absolute atomic E-state index is 0.0614. The van der Waals surface area contributed by atoms with Crippen LogP contribution in [0.3, 0.4) is 0 Å². The van der Waals surface area contributed by atoms with Crippen LogP contribution < -0.4 is 0 Å². The highest BCUT2D eigenvalue weighted by molar-refractivity contribution is 7.10. The number of rotatable bonds is 4. The third-order valence-corrected chi connectivity index (χ3v) is 2.66. The molecule has 2 atom stereocenters. The van der Waals surface area contributed by atoms with E-state index in [2.05, 4.69) is 4.98 Å². The molecule has 1 rings (SSSR count). The molecule has 1 heterocycles. The van der Waals surface area contributed by atoms with Crippen LogP contribution in [0.1, 0.15) is 28.4 Å². The molecule has 0 saturated carbocycles. The standard InChI is InChI=1S/C9H10N2O4S/c1-2-15-9(14)6-8(16-4-11-6)7(13)5(12)3-10/h4-5,7,12-13H,2H2,1H3. The molecule has 0 aliphatic rings. The molecule has 7 heteroatoms. The first-order valence-electron chi connectivity index (χ1n) is 4.48. The molecule has 0 fully saturated rings. The van der Waals surface area contributed by atoms with Gasteiger partial charge in [-0.1, -0.05) is 0 Å². The van der Waals surface area contributed by atoms with E-state index in [4.69, 9.17) is 15.1 Å². The first-order chi connectivity index (χ1) is 7.61. The molecule has 0 amide bonds. The van der Waals surface area contributed by atoms with Gasteiger partial charge in [-0.2, -0.15) is 5.26 Å². The maximum atomic E-state index is 11.4. The number of ether oxygens (including phenoxy) is 1. The van der Waals surface area contributed by atoms with Gasteiger partial charge in [-0.05, 0) is 6.92 Å². The van der Waals surface area contributed by atoms with E-state index in [1.54, 1.807) is 6.92 Å². The van der Waals surface area contributed by atoms with E-state index >= 15 is 0 Å². The molecule has 1 aromatic rings. The number of nitrogens with zero attached hydrogens (tertiary/aromatic N) is 2. The summed E-state index contributed by atoms with van der Waals surface area (Å²) in [5, 5.41) is 27.2. The van der Waals surface area contributed by atoms with Gasteiger partial charge in [-0.15, -0.1) is 11.3 Å². The molecule has 0 bridgehead atoms. The molecule has 2 unspecified atom stereocenters. The number of esters is 1. The zero-order chi connectivity index (χ0) is 12.1. The van der Waals surface area contributed by atoms with Crippen LogP contribution in [0.4, 0.5) is 0 Å². The lowest BCUT2D eigenvalue weighted by atomic mass is 10.1. The molecule has 0 saturated heterocycles. The molecule has 0 aliphatic carbocycles. The summed E-state index contributed by atoms with van der Waals surface area (Å²) in [5.74, 6) is -0.678. The maximum Gasteiger partial charge on any atom is 0.358 e. The largest absolute Gasteiger partial charge is 0.461 e. The summed E-state index contributed by atoms with van der Waals surface area (Å²) in [6.45, 7) is 1.83. The Morgan fingerprint density at radius 2 is 2.44 bits per heavy atom. The van der Waals surface area contributed by atoms with Crippen molar-refractivity contribution < 1.29 is 19.7 Å². The van der Waals surface area contributed by atoms with Crippen LogP contribution in [0, 0.1) is 11.3 Å². The van der Waals surface area contributed by atoms with Crippen LogP contribution in [-0.2, 0) is 4.74 Å². The number of nitriles is 1. The predicted octanol–water partition coefficient (Wildman–Crippen LogP) is 0.238. The summed E-state index contributed by atoms with van der Waals surface area (Å²) < 4.78 is 4.72. The third-order valence-electron chi connectivity index (χ3n) is 1.76. The van der Waals surface area contributed by atoms with E-state index in [1.165, 1.54) is 11.6 Å². The van der Waals surface area contributed by atoms with Crippen molar-refractivity contribution in [2.45, 2.75) is 19.1 Å². The van der Waals surface area contributed by atoms with E-state index in [9.17, 15) is 9.90 Å². The Labute approximate surface area is 95.7 Å². The molecule has 6 nitrogen and oxygen atoms in total. The number of carbonyl (C=O) groups is 1. The van der Waals surface area contributed by atoms with Crippen LogP contribution in [0.15, 0.2) is 5.51 Å². The summed E-state index contributed by atoms with van der Waals surface area (Å²) >= 11 is 0.982. The molecule has 0 radical (unpaired) electrons. The van der Waals surface area contributed by atoms with Crippen LogP contribution in [-0.4, -0.2) is 33.9 Å². The number of hydrogen-bond acceptors (Lipinski definition) is 7. The van der Waals surface area contributed by atoms with Crippen molar-refractivity contribution in [1.29, 1.82) is 5.26 Å². The van der Waals surface area contributed by atoms with Crippen molar-refractivity contribution in [3.05, 3.63) is 16.1 Å². The highest BCUT2D eigenvalue weighted by Crippen LogP contribution is 2.25. The minimum atomic E-state index is -1.59. The minimum Gasteiger partial charge on any atom is -0.461 e. The Balaban J connectivity index is 2.94. The SMILES string of the molecule is CCOC(=O)c1ncsc1C(O)C(O)C#N. The van der Waals surface area contributed by atoms with Gasteiger partial charge in [-0.3, -0.25) is 0 Å². The third kappa shape index (κ3) is 2.55. The van der Waals surface area contributed by atoms with Crippen molar-refractivity contribution in [3.63, 3.8) is 0 Å². The fourth-order valence-electron chi connectivity index (χ4n) is 1.03. The molecule has 0 aliphatic heterocycles. The van der Waals surface area contributed by atoms with E-state index in [1.807, 2.05) is 0 Å². The van der Waals surface area contributed by atoms with Crippen molar-refractivity contribution in [2.75, 3.05) is 6.61 Å². The summed E-state index contributed by atoms with van der Waals surface area (Å²) in [6.07, 6.45) is -3.04. The number of hydrogen-bond donors (Lipinski definition) is 2. The normalized spacial score (nSPS) is 13.9. The number of aliphatic hydroxyl groups excluding tert-OH is 2. The van der Waals surface area contributed by atoms with Gasteiger partial charge in [0, 0.05) is 0 Å². The Morgan fingerprint density at radius 3 is 3.00 bits per heavy atom. The predicted molar refractivity (Wildman–Crippen MR) is 54.7 cm³/mol. The van der Waals surface area contributed by atoms with E-state index in [-0.39, 0.29) is 17.2 Å². The monoisotopic (exact) mass is 242 g/mol. The number of thiazole rings is 1. The first kappa shape index (κ1) is 12.6. The van der Waals surface area contributed by atoms with Gasteiger partial charge >= 0.3 is 5.97 Å². The van der Waals surface area contributed by atoms with Crippen molar-refractivity contribution in [2.24, 2.45) is 0 Å². The molecule has 86 valence electrons. The van der Waals surface area contributed by atoms with Crippen molar-refractivity contribution >= 4 is 17.3 Å². The quantitative estimate of drug-likeness (QED) is 0.579. The van der Waals surface area contributed by atoms with Crippen LogP contribution in [0.2, 0.25) is 0 Å². The second kappa shape index (κ2) is 5.55. The van der Waals surface area contributed by atoms with Gasteiger partial charge in [0.05, 0.1) is 23.1 Å². The average molecular weight is 242 g/mol. The number of aliphatic hydroxyl groups is 2. The zero-order valence-corrected chi connectivity index (χ0v) is 9.27. The molecule has 2 N–H and O–H groups in total. The van der Waals surface area contributed by atoms with Crippen LogP contribution in [0.25, 0.3) is 0 Å². The van der Waals surface area contributed by atoms with Gasteiger partial charge in [0.2, 0.25) is 0 Å². The average Bonchev–Trinajstić information content (AvgIpc) is 2.76. The van der Waals surface area contributed by atoms with E-state index in [0.29, 0.717) is 0 Å².